The highest BCUT2D eigenvalue weighted by Crippen LogP contribution is 2.22. The van der Waals surface area contributed by atoms with Crippen molar-refractivity contribution in [3.05, 3.63) is 53.0 Å². The summed E-state index contributed by atoms with van der Waals surface area (Å²) >= 11 is 0. The Bertz CT molecular complexity index is 842. The van der Waals surface area contributed by atoms with Crippen molar-refractivity contribution in [2.24, 2.45) is 0 Å². The minimum Gasteiger partial charge on any atom is -0.443 e. The van der Waals surface area contributed by atoms with E-state index < -0.39 is 0 Å². The summed E-state index contributed by atoms with van der Waals surface area (Å²) in [4.78, 5) is 24.8. The zero-order valence-corrected chi connectivity index (χ0v) is 12.2. The molecule has 0 N–H and O–H groups in total. The van der Waals surface area contributed by atoms with Gasteiger partial charge in [0.05, 0.1) is 29.6 Å². The molecule has 21 heavy (non-hydrogen) atoms. The minimum atomic E-state index is -0.127. The molecule has 0 aliphatic heterocycles. The average molecular weight is 284 g/mol. The van der Waals surface area contributed by atoms with Crippen molar-refractivity contribution >= 4 is 10.9 Å². The molecule has 108 valence electrons. The van der Waals surface area contributed by atoms with Crippen LogP contribution in [0.5, 0.6) is 0 Å². The highest BCUT2D eigenvalue weighted by molar-refractivity contribution is 5.75. The van der Waals surface area contributed by atoms with E-state index >= 15 is 0 Å². The zero-order chi connectivity index (χ0) is 15.0. The number of hydrogen-bond acceptors (Lipinski definition) is 5. The van der Waals surface area contributed by atoms with E-state index in [4.69, 9.17) is 4.42 Å². The summed E-state index contributed by atoms with van der Waals surface area (Å²) in [5.41, 5.74) is 0.350. The summed E-state index contributed by atoms with van der Waals surface area (Å²) in [7, 11) is 0. The van der Waals surface area contributed by atoms with Gasteiger partial charge in [0.2, 0.25) is 5.89 Å². The van der Waals surface area contributed by atoms with E-state index in [-0.39, 0.29) is 17.5 Å². The molecule has 6 nitrogen and oxygen atoms in total. The second-order valence-corrected chi connectivity index (χ2v) is 5.94. The lowest BCUT2D eigenvalue weighted by Crippen LogP contribution is -2.21. The van der Waals surface area contributed by atoms with E-state index in [0.29, 0.717) is 16.8 Å². The van der Waals surface area contributed by atoms with Crippen LogP contribution in [0.2, 0.25) is 0 Å². The Morgan fingerprint density at radius 1 is 1.24 bits per heavy atom. The Morgan fingerprint density at radius 3 is 2.76 bits per heavy atom. The van der Waals surface area contributed by atoms with Gasteiger partial charge in [-0.05, 0) is 6.07 Å². The lowest BCUT2D eigenvalue weighted by molar-refractivity contribution is 0.375. The topological polar surface area (TPSA) is 73.8 Å². The van der Waals surface area contributed by atoms with Gasteiger partial charge in [-0.25, -0.2) is 9.97 Å². The van der Waals surface area contributed by atoms with Gasteiger partial charge in [-0.15, -0.1) is 0 Å². The van der Waals surface area contributed by atoms with E-state index in [9.17, 15) is 4.79 Å². The summed E-state index contributed by atoms with van der Waals surface area (Å²) in [6, 6.07) is 1.66. The molecule has 0 aromatic carbocycles. The predicted molar refractivity (Wildman–Crippen MR) is 78.1 cm³/mol. The van der Waals surface area contributed by atoms with E-state index in [0.717, 1.165) is 5.76 Å². The van der Waals surface area contributed by atoms with E-state index in [1.54, 1.807) is 24.7 Å². The van der Waals surface area contributed by atoms with Gasteiger partial charge in [0.1, 0.15) is 12.3 Å². The fourth-order valence-corrected chi connectivity index (χ4v) is 2.00. The monoisotopic (exact) mass is 284 g/mol. The molecule has 3 rings (SSSR count). The van der Waals surface area contributed by atoms with Crippen LogP contribution in [0.4, 0.5) is 0 Å². The maximum atomic E-state index is 12.4. The fourth-order valence-electron chi connectivity index (χ4n) is 2.00. The van der Waals surface area contributed by atoms with Crippen LogP contribution in [-0.2, 0) is 12.0 Å². The number of hydrogen-bond donors (Lipinski definition) is 0. The number of rotatable bonds is 2. The Morgan fingerprint density at radius 2 is 2.05 bits per heavy atom. The number of oxazole rings is 1. The molecule has 3 aromatic heterocycles. The molecule has 0 unspecified atom stereocenters. The molecule has 0 aliphatic rings. The summed E-state index contributed by atoms with van der Waals surface area (Å²) in [5.74, 6) is 1.29. The highest BCUT2D eigenvalue weighted by Gasteiger charge is 2.19. The number of pyridine rings is 1. The number of nitrogens with zero attached hydrogens (tertiary/aromatic N) is 4. The first-order valence-electron chi connectivity index (χ1n) is 6.69. The van der Waals surface area contributed by atoms with Crippen LogP contribution in [0.1, 0.15) is 32.4 Å². The van der Waals surface area contributed by atoms with E-state index in [1.807, 2.05) is 20.8 Å². The van der Waals surface area contributed by atoms with Crippen LogP contribution in [0.3, 0.4) is 0 Å². The van der Waals surface area contributed by atoms with Crippen molar-refractivity contribution in [1.29, 1.82) is 0 Å². The molecule has 0 saturated heterocycles. The molecular weight excluding hydrogens is 268 g/mol. The lowest BCUT2D eigenvalue weighted by Gasteiger charge is -2.13. The molecule has 0 bridgehead atoms. The smallest absolute Gasteiger partial charge is 0.261 e. The lowest BCUT2D eigenvalue weighted by atomic mass is 9.94. The second-order valence-electron chi connectivity index (χ2n) is 5.94. The Labute approximate surface area is 121 Å². The molecular formula is C15H16N4O2. The van der Waals surface area contributed by atoms with Gasteiger partial charge in [0, 0.05) is 11.6 Å². The van der Waals surface area contributed by atoms with Gasteiger partial charge in [-0.3, -0.25) is 14.3 Å². The molecule has 3 heterocycles. The van der Waals surface area contributed by atoms with E-state index in [1.165, 1.54) is 10.9 Å². The first-order chi connectivity index (χ1) is 9.95. The largest absolute Gasteiger partial charge is 0.443 e. The number of fused-ring (bicyclic) bond motifs is 1. The maximum Gasteiger partial charge on any atom is 0.261 e. The molecule has 0 atom stereocenters. The third-order valence-electron chi connectivity index (χ3n) is 3.23. The normalized spacial score (nSPS) is 12.0. The quantitative estimate of drug-likeness (QED) is 0.720. The maximum absolute atomic E-state index is 12.4. The molecule has 0 spiro atoms. The summed E-state index contributed by atoms with van der Waals surface area (Å²) in [6.07, 6.45) is 6.36. The molecule has 0 aliphatic carbocycles. The summed E-state index contributed by atoms with van der Waals surface area (Å²) in [6.45, 7) is 6.41. The zero-order valence-electron chi connectivity index (χ0n) is 12.2. The van der Waals surface area contributed by atoms with Crippen LogP contribution in [0, 0.1) is 0 Å². The van der Waals surface area contributed by atoms with Crippen molar-refractivity contribution in [2.45, 2.75) is 32.7 Å². The van der Waals surface area contributed by atoms with E-state index in [2.05, 4.69) is 15.0 Å². The van der Waals surface area contributed by atoms with Crippen molar-refractivity contribution in [2.75, 3.05) is 0 Å². The Kier molecular flexibility index (Phi) is 3.08. The summed E-state index contributed by atoms with van der Waals surface area (Å²) in [5, 5.41) is 0.537. The Hall–Kier alpha value is -2.50. The molecule has 6 heteroatoms. The third kappa shape index (κ3) is 2.56. The molecule has 0 radical (unpaired) electrons. The van der Waals surface area contributed by atoms with Crippen LogP contribution in [-0.4, -0.2) is 19.5 Å². The number of aromatic nitrogens is 4. The van der Waals surface area contributed by atoms with Crippen LogP contribution in [0.25, 0.3) is 10.9 Å². The van der Waals surface area contributed by atoms with Gasteiger partial charge in [0.15, 0.2) is 0 Å². The van der Waals surface area contributed by atoms with Gasteiger partial charge >= 0.3 is 0 Å². The van der Waals surface area contributed by atoms with Crippen LogP contribution in [0.15, 0.2) is 40.2 Å². The first kappa shape index (κ1) is 13.5. The third-order valence-corrected chi connectivity index (χ3v) is 3.23. The standard InChI is InChI=1S/C15H16N4O2/c1-15(2,3)12-7-17-13(21-12)8-19-9-18-11-6-16-5-4-10(11)14(19)20/h4-7,9H,8H2,1-3H3. The van der Waals surface area contributed by atoms with Gasteiger partial charge in [-0.2, -0.15) is 0 Å². The van der Waals surface area contributed by atoms with Crippen LogP contribution < -0.4 is 5.56 Å². The van der Waals surface area contributed by atoms with Crippen molar-refractivity contribution in [3.8, 4) is 0 Å². The van der Waals surface area contributed by atoms with Gasteiger partial charge < -0.3 is 4.42 Å². The average Bonchev–Trinajstić information content (AvgIpc) is 2.91. The SMILES string of the molecule is CC(C)(C)c1cnc(Cn2cnc3cnccc3c2=O)o1. The predicted octanol–water partition coefficient (Wildman–Crippen LogP) is 2.13. The van der Waals surface area contributed by atoms with Crippen LogP contribution >= 0.6 is 0 Å². The molecule has 0 amide bonds. The summed E-state index contributed by atoms with van der Waals surface area (Å²) < 4.78 is 7.19. The highest BCUT2D eigenvalue weighted by atomic mass is 16.4. The molecule has 0 fully saturated rings. The fraction of sp³-hybridized carbons (Fsp3) is 0.333. The molecule has 0 saturated carbocycles. The van der Waals surface area contributed by atoms with Gasteiger partial charge in [-0.1, -0.05) is 20.8 Å². The van der Waals surface area contributed by atoms with Crippen molar-refractivity contribution in [1.82, 2.24) is 19.5 Å². The second kappa shape index (κ2) is 4.80. The van der Waals surface area contributed by atoms with Gasteiger partial charge in [0.25, 0.3) is 5.56 Å². The Balaban J connectivity index is 1.97. The molecule has 3 aromatic rings. The first-order valence-corrected chi connectivity index (χ1v) is 6.69. The van der Waals surface area contributed by atoms with Crippen molar-refractivity contribution < 1.29 is 4.42 Å². The van der Waals surface area contributed by atoms with Crippen molar-refractivity contribution in [3.63, 3.8) is 0 Å². The minimum absolute atomic E-state index is 0.108.